The maximum atomic E-state index is 5.76. The molecular formula is C20H32N6O2. The molecule has 1 aromatic heterocycles. The molecule has 1 heterocycles. The summed E-state index contributed by atoms with van der Waals surface area (Å²) >= 11 is 0. The largest absolute Gasteiger partial charge is 0.493 e. The van der Waals surface area contributed by atoms with Crippen molar-refractivity contribution in [2.45, 2.75) is 12.5 Å². The van der Waals surface area contributed by atoms with Crippen LogP contribution in [0.1, 0.15) is 18.0 Å². The molecule has 2 rings (SSSR count). The van der Waals surface area contributed by atoms with Crippen molar-refractivity contribution in [3.8, 4) is 5.75 Å². The lowest BCUT2D eigenvalue weighted by atomic mass is 10.1. The Hall–Kier alpha value is -2.58. The maximum Gasteiger partial charge on any atom is 0.195 e. The summed E-state index contributed by atoms with van der Waals surface area (Å²) in [5.74, 6) is 1.52. The van der Waals surface area contributed by atoms with Crippen LogP contribution in [0.5, 0.6) is 5.75 Å². The molecule has 0 fully saturated rings. The van der Waals surface area contributed by atoms with Crippen LogP contribution in [0.25, 0.3) is 0 Å². The summed E-state index contributed by atoms with van der Waals surface area (Å²) in [4.78, 5) is 6.49. The van der Waals surface area contributed by atoms with Gasteiger partial charge in [0.1, 0.15) is 5.75 Å². The third-order valence-electron chi connectivity index (χ3n) is 4.28. The first kappa shape index (κ1) is 21.7. The highest BCUT2D eigenvalue weighted by atomic mass is 16.5. The molecule has 8 nitrogen and oxygen atoms in total. The predicted molar refractivity (Wildman–Crippen MR) is 113 cm³/mol. The molecule has 2 N–H and O–H groups in total. The van der Waals surface area contributed by atoms with Crippen molar-refractivity contribution in [3.05, 3.63) is 42.2 Å². The van der Waals surface area contributed by atoms with Crippen LogP contribution in [0.2, 0.25) is 0 Å². The van der Waals surface area contributed by atoms with Gasteiger partial charge in [-0.2, -0.15) is 5.10 Å². The lowest BCUT2D eigenvalue weighted by Crippen LogP contribution is -2.37. The van der Waals surface area contributed by atoms with Gasteiger partial charge in [-0.1, -0.05) is 6.07 Å². The monoisotopic (exact) mass is 388 g/mol. The molecule has 1 atom stereocenters. The number of nitrogens with zero attached hydrogens (tertiary/aromatic N) is 4. The summed E-state index contributed by atoms with van der Waals surface area (Å²) < 4.78 is 12.6. The molecular weight excluding hydrogens is 356 g/mol. The van der Waals surface area contributed by atoms with Crippen LogP contribution in [0.15, 0.2) is 41.7 Å². The van der Waals surface area contributed by atoms with Crippen molar-refractivity contribution in [1.29, 1.82) is 0 Å². The fourth-order valence-corrected chi connectivity index (χ4v) is 2.78. The Bertz CT molecular complexity index is 744. The Balaban J connectivity index is 1.93. The number of aromatic nitrogens is 2. The molecule has 0 radical (unpaired) electrons. The summed E-state index contributed by atoms with van der Waals surface area (Å²) in [6, 6.07) is 8.03. The van der Waals surface area contributed by atoms with Crippen LogP contribution in [0, 0.1) is 0 Å². The van der Waals surface area contributed by atoms with E-state index in [1.165, 1.54) is 0 Å². The van der Waals surface area contributed by atoms with Crippen LogP contribution in [-0.2, 0) is 11.8 Å². The zero-order valence-electron chi connectivity index (χ0n) is 17.5. The molecule has 0 spiro atoms. The summed E-state index contributed by atoms with van der Waals surface area (Å²) in [7, 11) is 9.49. The minimum absolute atomic E-state index is 0.183. The number of likely N-dealkylation sites (N-methyl/N-ethyl adjacent to an activating group) is 1. The quantitative estimate of drug-likeness (QED) is 0.369. The van der Waals surface area contributed by atoms with E-state index in [4.69, 9.17) is 9.47 Å². The van der Waals surface area contributed by atoms with Crippen molar-refractivity contribution < 1.29 is 9.47 Å². The van der Waals surface area contributed by atoms with Gasteiger partial charge in [0.15, 0.2) is 5.96 Å². The fraction of sp³-hybridized carbons (Fsp3) is 0.500. The van der Waals surface area contributed by atoms with Gasteiger partial charge in [0.25, 0.3) is 0 Å². The molecule has 0 amide bonds. The van der Waals surface area contributed by atoms with Gasteiger partial charge in [0.05, 0.1) is 18.8 Å². The number of rotatable bonds is 10. The molecule has 0 saturated carbocycles. The van der Waals surface area contributed by atoms with Crippen LogP contribution in [-0.4, -0.2) is 68.7 Å². The normalized spacial score (nSPS) is 12.9. The van der Waals surface area contributed by atoms with Crippen molar-refractivity contribution in [3.63, 3.8) is 0 Å². The minimum Gasteiger partial charge on any atom is -0.493 e. The molecule has 2 aromatic rings. The second-order valence-corrected chi connectivity index (χ2v) is 6.73. The SMILES string of the molecule is CN=C(NCC(c1cnn(C)c1)N(C)C)Nc1cccc(OCCCOC)c1. The number of methoxy groups -OCH3 is 1. The molecule has 28 heavy (non-hydrogen) atoms. The topological polar surface area (TPSA) is 75.9 Å². The molecule has 0 aliphatic rings. The Morgan fingerprint density at radius 2 is 2.14 bits per heavy atom. The lowest BCUT2D eigenvalue weighted by Gasteiger charge is -2.24. The molecule has 8 heteroatoms. The maximum absolute atomic E-state index is 5.76. The van der Waals surface area contributed by atoms with Crippen LogP contribution in [0.4, 0.5) is 5.69 Å². The van der Waals surface area contributed by atoms with Gasteiger partial charge in [-0.3, -0.25) is 9.67 Å². The second kappa shape index (κ2) is 11.3. The highest BCUT2D eigenvalue weighted by molar-refractivity contribution is 5.93. The van der Waals surface area contributed by atoms with Crippen LogP contribution in [0.3, 0.4) is 0 Å². The fourth-order valence-electron chi connectivity index (χ4n) is 2.78. The van der Waals surface area contributed by atoms with E-state index in [2.05, 4.69) is 39.7 Å². The average Bonchev–Trinajstić information content (AvgIpc) is 3.10. The van der Waals surface area contributed by atoms with Gasteiger partial charge in [-0.05, 0) is 26.2 Å². The predicted octanol–water partition coefficient (Wildman–Crippen LogP) is 2.13. The van der Waals surface area contributed by atoms with Crippen molar-refractivity contribution in [1.82, 2.24) is 20.0 Å². The molecule has 154 valence electrons. The van der Waals surface area contributed by atoms with Crippen molar-refractivity contribution in [2.24, 2.45) is 12.0 Å². The lowest BCUT2D eigenvalue weighted by molar-refractivity contribution is 0.172. The third kappa shape index (κ3) is 6.86. The Labute approximate surface area is 167 Å². The molecule has 0 aliphatic carbocycles. The first-order valence-corrected chi connectivity index (χ1v) is 9.38. The minimum atomic E-state index is 0.183. The standard InChI is InChI=1S/C20H32N6O2/c1-21-20(22-14-19(25(2)3)16-13-23-26(4)15-16)24-17-8-6-9-18(12-17)28-11-7-10-27-5/h6,8-9,12-13,15,19H,7,10-11,14H2,1-5H3,(H2,21,22,24). The van der Waals surface area contributed by atoms with Gasteiger partial charge in [0, 0.05) is 64.3 Å². The van der Waals surface area contributed by atoms with E-state index in [0.717, 1.165) is 23.4 Å². The highest BCUT2D eigenvalue weighted by Crippen LogP contribution is 2.18. The van der Waals surface area contributed by atoms with Crippen LogP contribution < -0.4 is 15.4 Å². The van der Waals surface area contributed by atoms with E-state index in [0.29, 0.717) is 25.7 Å². The van der Waals surface area contributed by atoms with E-state index < -0.39 is 0 Å². The Kier molecular flexibility index (Phi) is 8.77. The van der Waals surface area contributed by atoms with E-state index in [-0.39, 0.29) is 6.04 Å². The summed E-state index contributed by atoms with van der Waals surface area (Å²) in [6.45, 7) is 2.02. The van der Waals surface area contributed by atoms with E-state index >= 15 is 0 Å². The van der Waals surface area contributed by atoms with Crippen molar-refractivity contribution >= 4 is 11.6 Å². The summed E-state index contributed by atoms with van der Waals surface area (Å²) in [5.41, 5.74) is 2.07. The summed E-state index contributed by atoms with van der Waals surface area (Å²) in [5, 5.41) is 11.0. The molecule has 0 saturated heterocycles. The molecule has 1 unspecified atom stereocenters. The molecule has 0 bridgehead atoms. The zero-order valence-corrected chi connectivity index (χ0v) is 17.5. The van der Waals surface area contributed by atoms with Gasteiger partial charge in [-0.15, -0.1) is 0 Å². The number of ether oxygens (including phenoxy) is 2. The number of benzene rings is 1. The summed E-state index contributed by atoms with van der Waals surface area (Å²) in [6.07, 6.45) is 4.79. The number of guanidine groups is 1. The number of anilines is 1. The second-order valence-electron chi connectivity index (χ2n) is 6.73. The number of hydrogen-bond acceptors (Lipinski definition) is 5. The number of aliphatic imine (C=N–C) groups is 1. The third-order valence-corrected chi connectivity index (χ3v) is 4.28. The van der Waals surface area contributed by atoms with Crippen molar-refractivity contribution in [2.75, 3.05) is 53.3 Å². The number of hydrogen-bond donors (Lipinski definition) is 2. The smallest absolute Gasteiger partial charge is 0.195 e. The first-order chi connectivity index (χ1) is 13.5. The van der Waals surface area contributed by atoms with Gasteiger partial charge < -0.3 is 25.0 Å². The van der Waals surface area contributed by atoms with Gasteiger partial charge in [0.2, 0.25) is 0 Å². The number of aryl methyl sites for hydroxylation is 1. The highest BCUT2D eigenvalue weighted by Gasteiger charge is 2.16. The Morgan fingerprint density at radius 3 is 2.79 bits per heavy atom. The van der Waals surface area contributed by atoms with Gasteiger partial charge >= 0.3 is 0 Å². The van der Waals surface area contributed by atoms with E-state index in [1.807, 2.05) is 48.4 Å². The first-order valence-electron chi connectivity index (χ1n) is 9.38. The zero-order chi connectivity index (χ0) is 20.4. The van der Waals surface area contributed by atoms with Gasteiger partial charge in [-0.25, -0.2) is 0 Å². The molecule has 0 aliphatic heterocycles. The van der Waals surface area contributed by atoms with E-state index in [1.54, 1.807) is 14.2 Å². The van der Waals surface area contributed by atoms with Crippen LogP contribution >= 0.6 is 0 Å². The Morgan fingerprint density at radius 1 is 1.32 bits per heavy atom. The number of nitrogens with one attached hydrogen (secondary N) is 2. The molecule has 1 aromatic carbocycles. The average molecular weight is 389 g/mol. The van der Waals surface area contributed by atoms with E-state index in [9.17, 15) is 0 Å².